The summed E-state index contributed by atoms with van der Waals surface area (Å²) in [5, 5.41) is 0. The Balaban J connectivity index is 3.13. The summed E-state index contributed by atoms with van der Waals surface area (Å²) in [7, 11) is 0. The van der Waals surface area contributed by atoms with Gasteiger partial charge in [0.25, 0.3) is 0 Å². The fourth-order valence-corrected chi connectivity index (χ4v) is 2.18. The first-order chi connectivity index (χ1) is 6.19. The van der Waals surface area contributed by atoms with Crippen LogP contribution >= 0.6 is 45.6 Å². The maximum Gasteiger partial charge on any atom is 0.130 e. The fraction of sp³-hybridized carbons (Fsp3) is 0.250. The summed E-state index contributed by atoms with van der Waals surface area (Å²) >= 11 is 3.74. The Morgan fingerprint density at radius 2 is 2.00 bits per heavy atom. The minimum atomic E-state index is -0.561. The molecule has 0 aromatic heterocycles. The highest BCUT2D eigenvalue weighted by Crippen LogP contribution is 2.20. The van der Waals surface area contributed by atoms with E-state index in [2.05, 4.69) is 0 Å². The predicted octanol–water partition coefficient (Wildman–Crippen LogP) is 3.77. The molecule has 72 valence electrons. The number of hydrogen-bond acceptors (Lipinski definition) is 1. The standard InChI is InChI=1S/C8H6F2I2O/c9-6-1-5(4-13-12)7(3-11)8(10)2-6/h1-2H,3-4H2. The van der Waals surface area contributed by atoms with E-state index in [9.17, 15) is 8.78 Å². The number of benzene rings is 1. The second-order valence-corrected chi connectivity index (χ2v) is 3.80. The van der Waals surface area contributed by atoms with Gasteiger partial charge >= 0.3 is 0 Å². The Morgan fingerprint density at radius 1 is 1.31 bits per heavy atom. The van der Waals surface area contributed by atoms with Gasteiger partial charge in [-0.25, -0.2) is 8.78 Å². The molecule has 0 bridgehead atoms. The topological polar surface area (TPSA) is 9.23 Å². The van der Waals surface area contributed by atoms with Gasteiger partial charge in [0.15, 0.2) is 0 Å². The molecule has 0 saturated heterocycles. The molecule has 13 heavy (non-hydrogen) atoms. The Labute approximate surface area is 103 Å². The lowest BCUT2D eigenvalue weighted by Gasteiger charge is -2.06. The van der Waals surface area contributed by atoms with Crippen LogP contribution in [-0.2, 0) is 14.1 Å². The van der Waals surface area contributed by atoms with Gasteiger partial charge in [-0.3, -0.25) is 0 Å². The van der Waals surface area contributed by atoms with Crippen molar-refractivity contribution in [3.05, 3.63) is 34.9 Å². The summed E-state index contributed by atoms with van der Waals surface area (Å²) < 4.78 is 31.2. The van der Waals surface area contributed by atoms with E-state index in [0.717, 1.165) is 6.07 Å². The predicted molar refractivity (Wildman–Crippen MR) is 62.9 cm³/mol. The molecule has 5 heteroatoms. The third kappa shape index (κ3) is 2.98. The summed E-state index contributed by atoms with van der Waals surface area (Å²) in [6.07, 6.45) is 0. The summed E-state index contributed by atoms with van der Waals surface area (Å²) in [5.74, 6) is -1.06. The molecule has 0 unspecified atom stereocenters. The van der Waals surface area contributed by atoms with Crippen LogP contribution in [0.5, 0.6) is 0 Å². The first-order valence-corrected chi connectivity index (χ1v) is 5.86. The van der Waals surface area contributed by atoms with Crippen LogP contribution in [0.15, 0.2) is 12.1 Å². The highest BCUT2D eigenvalue weighted by molar-refractivity contribution is 14.1. The van der Waals surface area contributed by atoms with Crippen LogP contribution in [-0.4, -0.2) is 0 Å². The van der Waals surface area contributed by atoms with Gasteiger partial charge in [-0.1, -0.05) is 22.6 Å². The Bertz CT molecular complexity index is 304. The lowest BCUT2D eigenvalue weighted by molar-refractivity contribution is 0.412. The maximum atomic E-state index is 13.1. The van der Waals surface area contributed by atoms with Crippen LogP contribution in [0, 0.1) is 11.6 Å². The zero-order valence-corrected chi connectivity index (χ0v) is 10.8. The van der Waals surface area contributed by atoms with Crippen molar-refractivity contribution >= 4 is 45.6 Å². The Morgan fingerprint density at radius 3 is 2.54 bits per heavy atom. The van der Waals surface area contributed by atoms with Crippen molar-refractivity contribution in [1.29, 1.82) is 0 Å². The van der Waals surface area contributed by atoms with Gasteiger partial charge in [0.05, 0.1) is 6.61 Å². The van der Waals surface area contributed by atoms with Crippen LogP contribution in [0.4, 0.5) is 8.78 Å². The number of alkyl halides is 1. The van der Waals surface area contributed by atoms with E-state index >= 15 is 0 Å². The van der Waals surface area contributed by atoms with Gasteiger partial charge in [0.2, 0.25) is 0 Å². The summed E-state index contributed by atoms with van der Waals surface area (Å²) in [6.45, 7) is 0.230. The van der Waals surface area contributed by atoms with E-state index in [1.807, 2.05) is 22.6 Å². The average molecular weight is 410 g/mol. The molecule has 0 amide bonds. The maximum absolute atomic E-state index is 13.1. The quantitative estimate of drug-likeness (QED) is 0.545. The van der Waals surface area contributed by atoms with Gasteiger partial charge in [-0.05, 0) is 11.6 Å². The van der Waals surface area contributed by atoms with E-state index in [4.69, 9.17) is 3.07 Å². The van der Waals surface area contributed by atoms with Crippen molar-refractivity contribution in [3.63, 3.8) is 0 Å². The molecular weight excluding hydrogens is 404 g/mol. The highest BCUT2D eigenvalue weighted by atomic mass is 127. The van der Waals surface area contributed by atoms with Crippen molar-refractivity contribution in [1.82, 2.24) is 0 Å². The molecule has 0 aliphatic carbocycles. The number of hydrogen-bond donors (Lipinski definition) is 0. The van der Waals surface area contributed by atoms with Crippen LogP contribution < -0.4 is 0 Å². The van der Waals surface area contributed by atoms with E-state index < -0.39 is 11.6 Å². The molecule has 1 aromatic carbocycles. The molecule has 0 atom stereocenters. The van der Waals surface area contributed by atoms with Crippen molar-refractivity contribution in [2.45, 2.75) is 11.0 Å². The first-order valence-electron chi connectivity index (χ1n) is 3.45. The van der Waals surface area contributed by atoms with Gasteiger partial charge < -0.3 is 3.07 Å². The molecule has 0 fully saturated rings. The van der Waals surface area contributed by atoms with Crippen LogP contribution in [0.25, 0.3) is 0 Å². The second kappa shape index (κ2) is 5.40. The van der Waals surface area contributed by atoms with Crippen LogP contribution in [0.1, 0.15) is 11.1 Å². The second-order valence-electron chi connectivity index (χ2n) is 2.41. The van der Waals surface area contributed by atoms with E-state index in [1.165, 1.54) is 6.07 Å². The minimum Gasteiger partial charge on any atom is -0.311 e. The van der Waals surface area contributed by atoms with E-state index in [1.54, 1.807) is 23.0 Å². The Hall–Kier alpha value is 0.500. The van der Waals surface area contributed by atoms with Crippen molar-refractivity contribution in [3.8, 4) is 0 Å². The molecule has 0 heterocycles. The van der Waals surface area contributed by atoms with Gasteiger partial charge in [0.1, 0.15) is 34.6 Å². The van der Waals surface area contributed by atoms with E-state index in [0.29, 0.717) is 15.6 Å². The molecule has 0 radical (unpaired) electrons. The molecule has 0 spiro atoms. The van der Waals surface area contributed by atoms with Crippen LogP contribution in [0.3, 0.4) is 0 Å². The zero-order valence-electron chi connectivity index (χ0n) is 6.49. The van der Waals surface area contributed by atoms with Gasteiger partial charge in [0, 0.05) is 16.1 Å². The normalized spacial score (nSPS) is 10.5. The summed E-state index contributed by atoms with van der Waals surface area (Å²) in [5.41, 5.74) is 1.08. The third-order valence-electron chi connectivity index (χ3n) is 1.60. The average Bonchev–Trinajstić information content (AvgIpc) is 2.04. The fourth-order valence-electron chi connectivity index (χ4n) is 0.994. The molecule has 0 N–H and O–H groups in total. The SMILES string of the molecule is Fc1cc(F)c(CI)c(COI)c1. The smallest absolute Gasteiger partial charge is 0.130 e. The van der Waals surface area contributed by atoms with Gasteiger partial charge in [-0.15, -0.1) is 0 Å². The number of rotatable bonds is 3. The molecule has 1 aromatic rings. The monoisotopic (exact) mass is 410 g/mol. The number of halogens is 4. The van der Waals surface area contributed by atoms with Crippen molar-refractivity contribution in [2.24, 2.45) is 0 Å². The minimum absolute atomic E-state index is 0.230. The lowest BCUT2D eigenvalue weighted by atomic mass is 10.1. The van der Waals surface area contributed by atoms with Gasteiger partial charge in [-0.2, -0.15) is 0 Å². The molecule has 1 nitrogen and oxygen atoms in total. The van der Waals surface area contributed by atoms with Crippen molar-refractivity contribution in [2.75, 3.05) is 0 Å². The first kappa shape index (κ1) is 11.6. The largest absolute Gasteiger partial charge is 0.311 e. The zero-order chi connectivity index (χ0) is 9.84. The van der Waals surface area contributed by atoms with Crippen LogP contribution in [0.2, 0.25) is 0 Å². The highest BCUT2D eigenvalue weighted by Gasteiger charge is 2.09. The molecule has 0 aliphatic rings. The summed E-state index contributed by atoms with van der Waals surface area (Å²) in [4.78, 5) is 0. The molecule has 1 rings (SSSR count). The summed E-state index contributed by atoms with van der Waals surface area (Å²) in [6, 6.07) is 2.19. The molecular formula is C8H6F2I2O. The molecule has 0 aliphatic heterocycles. The third-order valence-corrected chi connectivity index (χ3v) is 2.67. The lowest BCUT2D eigenvalue weighted by Crippen LogP contribution is -1.97. The van der Waals surface area contributed by atoms with Crippen molar-refractivity contribution < 1.29 is 11.8 Å². The Kier molecular flexibility index (Phi) is 4.81. The van der Waals surface area contributed by atoms with E-state index in [-0.39, 0.29) is 6.61 Å². The molecule has 0 saturated carbocycles.